The van der Waals surface area contributed by atoms with Crippen molar-refractivity contribution in [3.63, 3.8) is 0 Å². The summed E-state index contributed by atoms with van der Waals surface area (Å²) >= 11 is 0. The van der Waals surface area contributed by atoms with Crippen LogP contribution in [-0.2, 0) is 31.1 Å². The number of nitrogens with zero attached hydrogens (tertiary/aromatic N) is 1. The second kappa shape index (κ2) is 16.5. The van der Waals surface area contributed by atoms with Crippen LogP contribution in [0.1, 0.15) is 70.1 Å². The maximum Gasteiger partial charge on any atom is 0.416 e. The minimum Gasteiger partial charge on any atom is -0.507 e. The Bertz CT molecular complexity index is 2230. The third kappa shape index (κ3) is 8.11. The molecule has 0 spiro atoms. The lowest BCUT2D eigenvalue weighted by Crippen LogP contribution is -2.66. The molecule has 1 aliphatic carbocycles. The highest BCUT2D eigenvalue weighted by molar-refractivity contribution is 6.99. The normalized spacial score (nSPS) is 21.4. The number of phenolic OH excluding ortho intramolecular Hbond substituents is 1. The zero-order valence-corrected chi connectivity index (χ0v) is 34.7. The van der Waals surface area contributed by atoms with Crippen LogP contribution in [0.5, 0.6) is 5.75 Å². The topological polar surface area (TPSA) is 76.1 Å². The molecule has 2 heterocycles. The van der Waals surface area contributed by atoms with E-state index in [2.05, 4.69) is 20.8 Å². The van der Waals surface area contributed by atoms with Crippen LogP contribution in [0.3, 0.4) is 0 Å². The predicted octanol–water partition coefficient (Wildman–Crippen LogP) is 10.1. The Kier molecular flexibility index (Phi) is 11.8. The molecule has 0 bridgehead atoms. The Morgan fingerprint density at radius 3 is 1.92 bits per heavy atom. The third-order valence-corrected chi connectivity index (χ3v) is 17.2. The minimum absolute atomic E-state index is 0.00901. The molecule has 0 radical (unpaired) electrons. The van der Waals surface area contributed by atoms with E-state index in [0.29, 0.717) is 41.9 Å². The molecule has 0 unspecified atom stereocenters. The van der Waals surface area contributed by atoms with Crippen molar-refractivity contribution in [3.8, 4) is 5.75 Å². The van der Waals surface area contributed by atoms with Crippen LogP contribution >= 0.6 is 0 Å². The Labute approximate surface area is 346 Å². The first-order chi connectivity index (χ1) is 28.3. The summed E-state index contributed by atoms with van der Waals surface area (Å²) in [4.78, 5) is 29.3. The molecule has 4 atom stereocenters. The van der Waals surface area contributed by atoms with Crippen LogP contribution in [0.2, 0.25) is 5.04 Å². The van der Waals surface area contributed by atoms with Gasteiger partial charge >= 0.3 is 12.4 Å². The number of carbonyl (C=O) groups excluding carboxylic acids is 2. The Hall–Kier alpha value is -4.98. The number of imide groups is 1. The van der Waals surface area contributed by atoms with E-state index >= 15 is 0 Å². The zero-order chi connectivity index (χ0) is 43.2. The molecule has 4 aromatic rings. The van der Waals surface area contributed by atoms with Crippen LogP contribution in [0.4, 0.5) is 32.0 Å². The maximum atomic E-state index is 14.4. The van der Waals surface area contributed by atoms with Crippen LogP contribution in [0, 0.1) is 17.8 Å². The van der Waals surface area contributed by atoms with Gasteiger partial charge in [-0.1, -0.05) is 118 Å². The molecule has 1 N–H and O–H groups in total. The highest BCUT2D eigenvalue weighted by atomic mass is 28.4. The van der Waals surface area contributed by atoms with Gasteiger partial charge in [0.15, 0.2) is 0 Å². The summed E-state index contributed by atoms with van der Waals surface area (Å²) in [5, 5.41) is 12.1. The number of ether oxygens (including phenoxy) is 1. The summed E-state index contributed by atoms with van der Waals surface area (Å²) < 4.78 is 97.7. The number of fused-ring (bicyclic) bond motifs is 3. The molecular formula is C47H47F6NO5Si. The predicted molar refractivity (Wildman–Crippen MR) is 220 cm³/mol. The molecule has 13 heteroatoms. The Morgan fingerprint density at radius 1 is 0.817 bits per heavy atom. The molecule has 0 aromatic heterocycles. The summed E-state index contributed by atoms with van der Waals surface area (Å²) in [6.45, 7) is 8.47. The van der Waals surface area contributed by atoms with E-state index in [1.807, 2.05) is 85.8 Å². The first kappa shape index (κ1) is 43.1. The average molecular weight is 848 g/mol. The van der Waals surface area contributed by atoms with Gasteiger partial charge < -0.3 is 14.3 Å². The molecule has 6 nitrogen and oxygen atoms in total. The van der Waals surface area contributed by atoms with E-state index < -0.39 is 78.2 Å². The van der Waals surface area contributed by atoms with Gasteiger partial charge in [-0.3, -0.25) is 9.59 Å². The van der Waals surface area contributed by atoms with E-state index in [1.165, 1.54) is 0 Å². The third-order valence-electron chi connectivity index (χ3n) is 12.2. The number of para-hydroxylation sites is 1. The zero-order valence-electron chi connectivity index (χ0n) is 33.7. The summed E-state index contributed by atoms with van der Waals surface area (Å²) in [6.07, 6.45) is -7.21. The van der Waals surface area contributed by atoms with Gasteiger partial charge in [0.05, 0.1) is 48.0 Å². The van der Waals surface area contributed by atoms with Gasteiger partial charge in [-0.2, -0.15) is 26.3 Å². The number of amides is 2. The first-order valence-corrected chi connectivity index (χ1v) is 22.0. The molecule has 7 rings (SSSR count). The molecule has 4 aromatic carbocycles. The Balaban J connectivity index is 1.31. The number of carbonyl (C=O) groups is 2. The van der Waals surface area contributed by atoms with Gasteiger partial charge in [-0.25, -0.2) is 4.90 Å². The average Bonchev–Trinajstić information content (AvgIpc) is 3.74. The number of aromatic hydroxyl groups is 1. The second-order valence-corrected chi connectivity index (χ2v) is 21.1. The summed E-state index contributed by atoms with van der Waals surface area (Å²) in [6, 6.07) is 27.7. The van der Waals surface area contributed by atoms with Gasteiger partial charge in [0.1, 0.15) is 5.75 Å². The molecular weight excluding hydrogens is 801 g/mol. The molecule has 2 fully saturated rings. The summed E-state index contributed by atoms with van der Waals surface area (Å²) in [5.74, 6) is -4.39. The van der Waals surface area contributed by atoms with Crippen LogP contribution < -0.4 is 15.3 Å². The number of phenols is 1. The number of rotatable bonds is 11. The van der Waals surface area contributed by atoms with E-state index in [4.69, 9.17) is 9.16 Å². The SMILES string of the molecule is CC/C(=C\c1ccccc1O)CC[C@H]1OC[C@H]2C1=C(CO[Si](c1ccccc1)(c1ccccc1)C(C)(C)C)C[C@H]1C(=O)N(c3cc(C(F)(F)F)cc(C(F)(F)F)c3)C(=O)[C@H]12. The van der Waals surface area contributed by atoms with Crippen LogP contribution in [0.15, 0.2) is 120 Å². The fourth-order valence-electron chi connectivity index (χ4n) is 9.38. The molecule has 2 saturated heterocycles. The number of allylic oxidation sites excluding steroid dienone is 1. The largest absolute Gasteiger partial charge is 0.507 e. The van der Waals surface area contributed by atoms with Crippen LogP contribution in [0.25, 0.3) is 6.08 Å². The molecule has 2 aliphatic heterocycles. The van der Waals surface area contributed by atoms with Crippen molar-refractivity contribution in [2.45, 2.75) is 76.9 Å². The van der Waals surface area contributed by atoms with Gasteiger partial charge in [0.2, 0.25) is 11.8 Å². The fraction of sp³-hybridized carbons (Fsp3) is 0.362. The standard InChI is InChI=1S/C47H47F6NO5Si/c1-5-29(22-30-14-12-13-19-39(30)55)20-21-40-41-31(27-59-60(45(2,3)4,35-15-8-6-9-16-35)36-17-10-7-11-18-36)23-37-42(38(41)28-58-40)44(57)54(43(37)56)34-25-32(46(48,49)50)24-33(26-34)47(51,52)53/h6-19,22,24-26,37-38,40,42,55H,5,20-21,23,27-28H2,1-4H3/b29-22+/t37-,38+,40-,42-/m1/s1. The van der Waals surface area contributed by atoms with Crippen molar-refractivity contribution in [2.75, 3.05) is 18.1 Å². The van der Waals surface area contributed by atoms with Crippen molar-refractivity contribution in [1.82, 2.24) is 0 Å². The van der Waals surface area contributed by atoms with Gasteiger partial charge in [0, 0.05) is 11.5 Å². The van der Waals surface area contributed by atoms with Crippen molar-refractivity contribution < 1.29 is 50.2 Å². The Morgan fingerprint density at radius 2 is 1.38 bits per heavy atom. The molecule has 3 aliphatic rings. The number of alkyl halides is 6. The monoisotopic (exact) mass is 847 g/mol. The van der Waals surface area contributed by atoms with Gasteiger partial charge in [-0.15, -0.1) is 0 Å². The summed E-state index contributed by atoms with van der Waals surface area (Å²) in [5.41, 5.74) is -0.783. The van der Waals surface area contributed by atoms with Crippen molar-refractivity contribution in [3.05, 3.63) is 137 Å². The smallest absolute Gasteiger partial charge is 0.416 e. The highest BCUT2D eigenvalue weighted by Crippen LogP contribution is 2.52. The second-order valence-electron chi connectivity index (χ2n) is 16.8. The van der Waals surface area contributed by atoms with E-state index in [1.54, 1.807) is 12.1 Å². The number of halogens is 6. The summed E-state index contributed by atoms with van der Waals surface area (Å²) in [7, 11) is -3.15. The quantitative estimate of drug-likeness (QED) is 0.0705. The lowest BCUT2D eigenvalue weighted by Gasteiger charge is -2.44. The minimum atomic E-state index is -5.17. The van der Waals surface area contributed by atoms with E-state index in [-0.39, 0.29) is 31.5 Å². The molecule has 0 saturated carbocycles. The van der Waals surface area contributed by atoms with Crippen molar-refractivity contribution >= 4 is 42.3 Å². The van der Waals surface area contributed by atoms with E-state index in [9.17, 15) is 41.0 Å². The fourth-order valence-corrected chi connectivity index (χ4v) is 13.9. The first-order valence-electron chi connectivity index (χ1n) is 20.1. The number of anilines is 1. The van der Waals surface area contributed by atoms with Crippen molar-refractivity contribution in [2.24, 2.45) is 17.8 Å². The lowest BCUT2D eigenvalue weighted by molar-refractivity contribution is -0.143. The van der Waals surface area contributed by atoms with Crippen LogP contribution in [-0.4, -0.2) is 44.6 Å². The van der Waals surface area contributed by atoms with E-state index in [0.717, 1.165) is 27.1 Å². The maximum absolute atomic E-state index is 14.4. The number of benzene rings is 4. The van der Waals surface area contributed by atoms with Gasteiger partial charge in [0.25, 0.3) is 8.32 Å². The molecule has 2 amide bonds. The highest BCUT2D eigenvalue weighted by Gasteiger charge is 2.58. The lowest BCUT2D eigenvalue weighted by atomic mass is 9.69. The molecule has 316 valence electrons. The number of hydrogen-bond acceptors (Lipinski definition) is 5. The molecule has 60 heavy (non-hydrogen) atoms. The van der Waals surface area contributed by atoms with Gasteiger partial charge in [-0.05, 0) is 76.5 Å². The number of hydrogen-bond donors (Lipinski definition) is 1. The van der Waals surface area contributed by atoms with Crippen molar-refractivity contribution in [1.29, 1.82) is 0 Å².